The smallest absolute Gasteiger partial charge is 0.129 e. The first-order valence-electron chi connectivity index (χ1n) is 6.03. The van der Waals surface area contributed by atoms with Gasteiger partial charge in [-0.3, -0.25) is 0 Å². The van der Waals surface area contributed by atoms with Gasteiger partial charge in [0.1, 0.15) is 5.82 Å². The summed E-state index contributed by atoms with van der Waals surface area (Å²) in [5, 5.41) is 5.68. The molecule has 0 aliphatic heterocycles. The van der Waals surface area contributed by atoms with E-state index in [-0.39, 0.29) is 0 Å². The number of anilines is 1. The van der Waals surface area contributed by atoms with Gasteiger partial charge in [0.2, 0.25) is 0 Å². The highest BCUT2D eigenvalue weighted by molar-refractivity contribution is 7.10. The van der Waals surface area contributed by atoms with Gasteiger partial charge in [0, 0.05) is 11.1 Å². The SMILES string of the molecule is CCCC(Nc1ncccc1C)c1cccs1. The van der Waals surface area contributed by atoms with Gasteiger partial charge in [-0.15, -0.1) is 11.3 Å². The molecule has 2 heterocycles. The van der Waals surface area contributed by atoms with Crippen LogP contribution in [0.3, 0.4) is 0 Å². The molecule has 1 N–H and O–H groups in total. The minimum absolute atomic E-state index is 0.383. The number of aromatic nitrogens is 1. The molecule has 90 valence electrons. The first kappa shape index (κ1) is 12.1. The zero-order chi connectivity index (χ0) is 12.1. The topological polar surface area (TPSA) is 24.9 Å². The van der Waals surface area contributed by atoms with E-state index in [1.165, 1.54) is 16.9 Å². The molecule has 1 unspecified atom stereocenters. The third-order valence-corrected chi connectivity index (χ3v) is 3.77. The number of nitrogens with one attached hydrogen (secondary N) is 1. The molecule has 0 aliphatic rings. The van der Waals surface area contributed by atoms with Gasteiger partial charge in [-0.25, -0.2) is 4.98 Å². The number of rotatable bonds is 5. The number of aryl methyl sites for hydroxylation is 1. The van der Waals surface area contributed by atoms with Gasteiger partial charge in [0.25, 0.3) is 0 Å². The standard InChI is InChI=1S/C14H18N2S/c1-3-6-12(13-8-5-10-17-13)16-14-11(2)7-4-9-15-14/h4-5,7-10,12H,3,6H2,1-2H3,(H,15,16). The molecule has 0 saturated carbocycles. The quantitative estimate of drug-likeness (QED) is 0.845. The molecule has 0 bridgehead atoms. The Balaban J connectivity index is 2.16. The maximum absolute atomic E-state index is 4.40. The summed E-state index contributed by atoms with van der Waals surface area (Å²) in [6.07, 6.45) is 4.14. The number of thiophene rings is 1. The van der Waals surface area contributed by atoms with Crippen LogP contribution < -0.4 is 5.32 Å². The van der Waals surface area contributed by atoms with Crippen LogP contribution in [0.25, 0.3) is 0 Å². The molecule has 0 aromatic carbocycles. The van der Waals surface area contributed by atoms with E-state index in [4.69, 9.17) is 0 Å². The molecule has 17 heavy (non-hydrogen) atoms. The third-order valence-electron chi connectivity index (χ3n) is 2.78. The number of hydrogen-bond acceptors (Lipinski definition) is 3. The molecule has 3 heteroatoms. The van der Waals surface area contributed by atoms with E-state index in [0.717, 1.165) is 12.2 Å². The Bertz CT molecular complexity index is 451. The molecule has 2 aromatic rings. The van der Waals surface area contributed by atoms with Crippen molar-refractivity contribution in [3.05, 3.63) is 46.3 Å². The van der Waals surface area contributed by atoms with Crippen LogP contribution in [0.2, 0.25) is 0 Å². The number of pyridine rings is 1. The molecule has 2 aromatic heterocycles. The summed E-state index contributed by atoms with van der Waals surface area (Å²) in [7, 11) is 0. The second kappa shape index (κ2) is 5.82. The van der Waals surface area contributed by atoms with Crippen molar-refractivity contribution in [2.45, 2.75) is 32.7 Å². The Labute approximate surface area is 107 Å². The molecule has 0 fully saturated rings. The Kier molecular flexibility index (Phi) is 4.15. The summed E-state index contributed by atoms with van der Waals surface area (Å²) >= 11 is 1.81. The maximum atomic E-state index is 4.40. The lowest BCUT2D eigenvalue weighted by Gasteiger charge is -2.18. The van der Waals surface area contributed by atoms with Gasteiger partial charge in [-0.1, -0.05) is 25.5 Å². The van der Waals surface area contributed by atoms with E-state index >= 15 is 0 Å². The van der Waals surface area contributed by atoms with Crippen LogP contribution in [-0.4, -0.2) is 4.98 Å². The van der Waals surface area contributed by atoms with Gasteiger partial charge in [-0.05, 0) is 36.4 Å². The highest BCUT2D eigenvalue weighted by Crippen LogP contribution is 2.27. The number of nitrogens with zero attached hydrogens (tertiary/aromatic N) is 1. The molecule has 2 rings (SSSR count). The van der Waals surface area contributed by atoms with Gasteiger partial charge in [-0.2, -0.15) is 0 Å². The van der Waals surface area contributed by atoms with Crippen molar-refractivity contribution in [2.24, 2.45) is 0 Å². The van der Waals surface area contributed by atoms with Gasteiger partial charge >= 0.3 is 0 Å². The van der Waals surface area contributed by atoms with Crippen molar-refractivity contribution in [2.75, 3.05) is 5.32 Å². The van der Waals surface area contributed by atoms with Crippen LogP contribution in [0.15, 0.2) is 35.8 Å². The minimum Gasteiger partial charge on any atom is -0.362 e. The fraction of sp³-hybridized carbons (Fsp3) is 0.357. The van der Waals surface area contributed by atoms with E-state index in [1.807, 2.05) is 12.3 Å². The Morgan fingerprint density at radius 3 is 2.88 bits per heavy atom. The molecule has 0 saturated heterocycles. The minimum atomic E-state index is 0.383. The zero-order valence-electron chi connectivity index (χ0n) is 10.3. The van der Waals surface area contributed by atoms with Crippen molar-refractivity contribution in [3.8, 4) is 0 Å². The van der Waals surface area contributed by atoms with Crippen molar-refractivity contribution in [1.82, 2.24) is 4.98 Å². The summed E-state index contributed by atoms with van der Waals surface area (Å²) in [6, 6.07) is 8.74. The molecule has 0 spiro atoms. The monoisotopic (exact) mass is 246 g/mol. The van der Waals surface area contributed by atoms with Crippen LogP contribution in [0.1, 0.15) is 36.2 Å². The third kappa shape index (κ3) is 3.07. The molecular formula is C14H18N2S. The Morgan fingerprint density at radius 1 is 1.35 bits per heavy atom. The fourth-order valence-electron chi connectivity index (χ4n) is 1.87. The van der Waals surface area contributed by atoms with Crippen molar-refractivity contribution in [3.63, 3.8) is 0 Å². The largest absolute Gasteiger partial charge is 0.362 e. The lowest BCUT2D eigenvalue weighted by molar-refractivity contribution is 0.684. The van der Waals surface area contributed by atoms with E-state index in [1.54, 1.807) is 11.3 Å². The zero-order valence-corrected chi connectivity index (χ0v) is 11.1. The van der Waals surface area contributed by atoms with Crippen LogP contribution in [0.5, 0.6) is 0 Å². The normalized spacial score (nSPS) is 12.4. The molecule has 2 nitrogen and oxygen atoms in total. The first-order valence-corrected chi connectivity index (χ1v) is 6.90. The average Bonchev–Trinajstić information content (AvgIpc) is 2.85. The lowest BCUT2D eigenvalue weighted by Crippen LogP contribution is -2.11. The second-order valence-electron chi connectivity index (χ2n) is 4.17. The van der Waals surface area contributed by atoms with Gasteiger partial charge < -0.3 is 5.32 Å². The van der Waals surface area contributed by atoms with Gasteiger partial charge in [0.05, 0.1) is 6.04 Å². The fourth-order valence-corrected chi connectivity index (χ4v) is 2.68. The molecule has 0 radical (unpaired) electrons. The van der Waals surface area contributed by atoms with E-state index in [2.05, 4.69) is 47.7 Å². The van der Waals surface area contributed by atoms with E-state index in [9.17, 15) is 0 Å². The van der Waals surface area contributed by atoms with Gasteiger partial charge in [0.15, 0.2) is 0 Å². The molecule has 0 aliphatic carbocycles. The molecular weight excluding hydrogens is 228 g/mol. The van der Waals surface area contributed by atoms with Crippen LogP contribution in [-0.2, 0) is 0 Å². The van der Waals surface area contributed by atoms with Crippen LogP contribution in [0.4, 0.5) is 5.82 Å². The first-order chi connectivity index (χ1) is 8.31. The lowest BCUT2D eigenvalue weighted by atomic mass is 10.1. The summed E-state index contributed by atoms with van der Waals surface area (Å²) in [6.45, 7) is 4.31. The van der Waals surface area contributed by atoms with Crippen molar-refractivity contribution in [1.29, 1.82) is 0 Å². The summed E-state index contributed by atoms with van der Waals surface area (Å²) in [5.41, 5.74) is 1.20. The maximum Gasteiger partial charge on any atom is 0.129 e. The predicted octanol–water partition coefficient (Wildman–Crippen LogP) is 4.40. The van der Waals surface area contributed by atoms with Crippen molar-refractivity contribution >= 4 is 17.2 Å². The van der Waals surface area contributed by atoms with Crippen LogP contribution >= 0.6 is 11.3 Å². The van der Waals surface area contributed by atoms with E-state index < -0.39 is 0 Å². The van der Waals surface area contributed by atoms with E-state index in [0.29, 0.717) is 6.04 Å². The molecule has 0 amide bonds. The summed E-state index contributed by atoms with van der Waals surface area (Å²) in [4.78, 5) is 5.79. The highest BCUT2D eigenvalue weighted by Gasteiger charge is 2.12. The highest BCUT2D eigenvalue weighted by atomic mass is 32.1. The second-order valence-corrected chi connectivity index (χ2v) is 5.15. The average molecular weight is 246 g/mol. The summed E-state index contributed by atoms with van der Waals surface area (Å²) in [5.74, 6) is 0.999. The van der Waals surface area contributed by atoms with Crippen molar-refractivity contribution < 1.29 is 0 Å². The number of hydrogen-bond donors (Lipinski definition) is 1. The molecule has 1 atom stereocenters. The predicted molar refractivity (Wildman–Crippen MR) is 74.6 cm³/mol. The summed E-state index contributed by atoms with van der Waals surface area (Å²) < 4.78 is 0. The Morgan fingerprint density at radius 2 is 2.24 bits per heavy atom. The Hall–Kier alpha value is -1.35. The van der Waals surface area contributed by atoms with Crippen LogP contribution in [0, 0.1) is 6.92 Å².